The van der Waals surface area contributed by atoms with Gasteiger partial charge in [-0.3, -0.25) is 15.6 Å². The van der Waals surface area contributed by atoms with Gasteiger partial charge < -0.3 is 0 Å². The number of rotatable bonds is 1. The number of thiocarbonyl (C=S) groups is 1. The topological polar surface area (TPSA) is 41.1 Å². The molecule has 0 fully saturated rings. The maximum atomic E-state index is 11.4. The van der Waals surface area contributed by atoms with Gasteiger partial charge in [0.05, 0.1) is 0 Å². The van der Waals surface area contributed by atoms with Gasteiger partial charge in [0.15, 0.2) is 0 Å². The Hall–Kier alpha value is -1.07. The van der Waals surface area contributed by atoms with Gasteiger partial charge in [-0.15, -0.1) is 12.6 Å². The van der Waals surface area contributed by atoms with Crippen molar-refractivity contribution in [1.82, 2.24) is 10.9 Å². The van der Waals surface area contributed by atoms with E-state index < -0.39 is 0 Å². The number of benzene rings is 1. The van der Waals surface area contributed by atoms with Crippen LogP contribution in [0.4, 0.5) is 0 Å². The quantitative estimate of drug-likeness (QED) is 0.385. The van der Waals surface area contributed by atoms with Crippen LogP contribution in [0.2, 0.25) is 0 Å². The maximum Gasteiger partial charge on any atom is 0.269 e. The molecule has 1 amide bonds. The number of nitrogens with one attached hydrogen (secondary N) is 2. The van der Waals surface area contributed by atoms with E-state index in [1.54, 1.807) is 12.1 Å². The zero-order valence-corrected chi connectivity index (χ0v) is 9.28. The van der Waals surface area contributed by atoms with Crippen LogP contribution in [0, 0.1) is 6.92 Å². The average Bonchev–Trinajstić information content (AvgIpc) is 2.15. The van der Waals surface area contributed by atoms with Crippen molar-refractivity contribution >= 4 is 35.1 Å². The first-order valence-electron chi connectivity index (χ1n) is 3.95. The van der Waals surface area contributed by atoms with Crippen LogP contribution in [0.5, 0.6) is 0 Å². The molecule has 3 nitrogen and oxygen atoms in total. The highest BCUT2D eigenvalue weighted by molar-refractivity contribution is 8.11. The summed E-state index contributed by atoms with van der Waals surface area (Å²) in [4.78, 5) is 11.4. The second kappa shape index (κ2) is 4.97. The van der Waals surface area contributed by atoms with Crippen LogP contribution in [0.15, 0.2) is 24.3 Å². The van der Waals surface area contributed by atoms with Crippen molar-refractivity contribution in [2.24, 2.45) is 0 Å². The molecule has 0 aliphatic carbocycles. The lowest BCUT2D eigenvalue weighted by Gasteiger charge is -2.05. The molecule has 5 heteroatoms. The van der Waals surface area contributed by atoms with Crippen molar-refractivity contribution in [3.05, 3.63) is 35.4 Å². The van der Waals surface area contributed by atoms with Gasteiger partial charge >= 0.3 is 0 Å². The number of carbonyl (C=O) groups excluding carboxylic acids is 1. The minimum atomic E-state index is -0.235. The first-order valence-corrected chi connectivity index (χ1v) is 4.81. The molecule has 1 rings (SSSR count). The van der Waals surface area contributed by atoms with Crippen molar-refractivity contribution < 1.29 is 4.79 Å². The molecule has 0 saturated carbocycles. The number of hydrogen-bond donors (Lipinski definition) is 3. The van der Waals surface area contributed by atoms with Crippen LogP contribution in [0.1, 0.15) is 15.9 Å². The van der Waals surface area contributed by atoms with E-state index in [9.17, 15) is 4.79 Å². The van der Waals surface area contributed by atoms with E-state index in [4.69, 9.17) is 0 Å². The summed E-state index contributed by atoms with van der Waals surface area (Å²) < 4.78 is 0.227. The summed E-state index contributed by atoms with van der Waals surface area (Å²) in [5.41, 5.74) is 6.55. The van der Waals surface area contributed by atoms with Crippen molar-refractivity contribution in [2.45, 2.75) is 6.92 Å². The lowest BCUT2D eigenvalue weighted by atomic mass is 10.1. The molecular formula is C9H10N2OS2. The first kappa shape index (κ1) is 11.0. The van der Waals surface area contributed by atoms with Crippen LogP contribution >= 0.6 is 24.8 Å². The Balaban J connectivity index is 2.61. The second-order valence-electron chi connectivity index (χ2n) is 2.75. The van der Waals surface area contributed by atoms with Crippen molar-refractivity contribution in [3.63, 3.8) is 0 Å². The Morgan fingerprint density at radius 2 is 1.86 bits per heavy atom. The number of hydrazine groups is 1. The summed E-state index contributed by atoms with van der Waals surface area (Å²) in [7, 11) is 0. The lowest BCUT2D eigenvalue weighted by molar-refractivity contribution is 0.0944. The van der Waals surface area contributed by atoms with E-state index in [1.807, 2.05) is 19.1 Å². The molecule has 0 atom stereocenters. The van der Waals surface area contributed by atoms with Crippen LogP contribution in [0.25, 0.3) is 0 Å². The van der Waals surface area contributed by atoms with Gasteiger partial charge in [0, 0.05) is 5.56 Å². The van der Waals surface area contributed by atoms with E-state index >= 15 is 0 Å². The minimum Gasteiger partial charge on any atom is -0.283 e. The molecule has 0 radical (unpaired) electrons. The second-order valence-corrected chi connectivity index (χ2v) is 3.91. The summed E-state index contributed by atoms with van der Waals surface area (Å²) >= 11 is 8.43. The number of thiol groups is 1. The van der Waals surface area contributed by atoms with Gasteiger partial charge in [-0.2, -0.15) is 0 Å². The average molecular weight is 226 g/mol. The number of hydrogen-bond acceptors (Lipinski definition) is 2. The van der Waals surface area contributed by atoms with Crippen molar-refractivity contribution in [1.29, 1.82) is 0 Å². The van der Waals surface area contributed by atoms with Gasteiger partial charge in [0.1, 0.15) is 4.32 Å². The molecule has 14 heavy (non-hydrogen) atoms. The molecular weight excluding hydrogens is 216 g/mol. The van der Waals surface area contributed by atoms with Crippen LogP contribution in [-0.4, -0.2) is 10.2 Å². The summed E-state index contributed by atoms with van der Waals surface area (Å²) in [5, 5.41) is 0. The number of carbonyl (C=O) groups is 1. The molecule has 1 aromatic carbocycles. The fourth-order valence-electron chi connectivity index (χ4n) is 0.887. The van der Waals surface area contributed by atoms with E-state index in [-0.39, 0.29) is 10.2 Å². The molecule has 74 valence electrons. The molecule has 0 unspecified atom stereocenters. The van der Waals surface area contributed by atoms with Gasteiger partial charge in [0.2, 0.25) is 0 Å². The first-order chi connectivity index (χ1) is 6.59. The standard InChI is InChI=1S/C9H10N2OS2/c1-6-2-4-7(5-3-6)8(12)10-11-9(13)14/h2-5H,1H3,(H,10,12)(H2,11,13,14). The van der Waals surface area contributed by atoms with Crippen molar-refractivity contribution in [2.75, 3.05) is 0 Å². The van der Waals surface area contributed by atoms with E-state index in [0.717, 1.165) is 5.56 Å². The molecule has 0 aliphatic heterocycles. The highest BCUT2D eigenvalue weighted by Gasteiger charge is 2.03. The van der Waals surface area contributed by atoms with E-state index in [1.165, 1.54) is 0 Å². The Morgan fingerprint density at radius 3 is 2.36 bits per heavy atom. The molecule has 0 saturated heterocycles. The fraction of sp³-hybridized carbons (Fsp3) is 0.111. The fourth-order valence-corrected chi connectivity index (χ4v) is 0.994. The molecule has 0 aliphatic rings. The number of aryl methyl sites for hydroxylation is 1. The third-order valence-corrected chi connectivity index (χ3v) is 1.81. The maximum absolute atomic E-state index is 11.4. The predicted octanol–water partition coefficient (Wildman–Crippen LogP) is 1.44. The van der Waals surface area contributed by atoms with Crippen LogP contribution < -0.4 is 10.9 Å². The number of amides is 1. The van der Waals surface area contributed by atoms with E-state index in [0.29, 0.717) is 5.56 Å². The van der Waals surface area contributed by atoms with Gasteiger partial charge in [0.25, 0.3) is 5.91 Å². The SMILES string of the molecule is Cc1ccc(C(=O)NNC(=S)S)cc1. The van der Waals surface area contributed by atoms with E-state index in [2.05, 4.69) is 35.7 Å². The van der Waals surface area contributed by atoms with Gasteiger partial charge in [-0.1, -0.05) is 29.9 Å². The monoisotopic (exact) mass is 226 g/mol. The largest absolute Gasteiger partial charge is 0.283 e. The third-order valence-electron chi connectivity index (χ3n) is 1.60. The summed E-state index contributed by atoms with van der Waals surface area (Å²) in [6.45, 7) is 1.96. The highest BCUT2D eigenvalue weighted by Crippen LogP contribution is 2.02. The zero-order chi connectivity index (χ0) is 10.6. The molecule has 0 spiro atoms. The molecule has 2 N–H and O–H groups in total. The summed E-state index contributed by atoms with van der Waals surface area (Å²) in [5.74, 6) is -0.235. The minimum absolute atomic E-state index is 0.227. The van der Waals surface area contributed by atoms with Gasteiger partial charge in [-0.25, -0.2) is 0 Å². The Bertz CT molecular complexity index is 348. The smallest absolute Gasteiger partial charge is 0.269 e. The van der Waals surface area contributed by atoms with Crippen LogP contribution in [-0.2, 0) is 0 Å². The Kier molecular flexibility index (Phi) is 3.91. The van der Waals surface area contributed by atoms with Crippen LogP contribution in [0.3, 0.4) is 0 Å². The normalized spacial score (nSPS) is 9.29. The molecule has 0 bridgehead atoms. The lowest BCUT2D eigenvalue weighted by Crippen LogP contribution is -2.38. The van der Waals surface area contributed by atoms with Gasteiger partial charge in [-0.05, 0) is 19.1 Å². The third kappa shape index (κ3) is 3.35. The highest BCUT2D eigenvalue weighted by atomic mass is 32.1. The summed E-state index contributed by atoms with van der Waals surface area (Å²) in [6.07, 6.45) is 0. The Morgan fingerprint density at radius 1 is 1.29 bits per heavy atom. The zero-order valence-electron chi connectivity index (χ0n) is 7.57. The Labute approximate surface area is 93.3 Å². The van der Waals surface area contributed by atoms with Crippen molar-refractivity contribution in [3.8, 4) is 0 Å². The summed E-state index contributed by atoms with van der Waals surface area (Å²) in [6, 6.07) is 7.23. The molecule has 0 aromatic heterocycles. The molecule has 0 heterocycles. The predicted molar refractivity (Wildman–Crippen MR) is 63.4 cm³/mol. The molecule has 1 aromatic rings.